The van der Waals surface area contributed by atoms with Gasteiger partial charge >= 0.3 is 0 Å². The third-order valence-corrected chi connectivity index (χ3v) is 5.39. The van der Waals surface area contributed by atoms with Crippen LogP contribution in [0.25, 0.3) is 0 Å². The highest BCUT2D eigenvalue weighted by Gasteiger charge is 2.26. The van der Waals surface area contributed by atoms with Gasteiger partial charge in [0.15, 0.2) is 0 Å². The smallest absolute Gasteiger partial charge is 0.240 e. The van der Waals surface area contributed by atoms with Crippen molar-refractivity contribution in [2.75, 3.05) is 11.9 Å². The minimum absolute atomic E-state index is 0. The zero-order valence-electron chi connectivity index (χ0n) is 13.5. The second-order valence-electron chi connectivity index (χ2n) is 5.77. The molecule has 1 heterocycles. The lowest BCUT2D eigenvalue weighted by Gasteiger charge is -2.30. The van der Waals surface area contributed by atoms with Crippen LogP contribution in [-0.4, -0.2) is 33.0 Å². The molecule has 1 fully saturated rings. The molecule has 2 rings (SSSR count). The molecule has 1 aliphatic heterocycles. The average molecular weight is 362 g/mol. The third-order valence-electron chi connectivity index (χ3n) is 3.90. The molecular formula is C15H24ClN3O3S. The summed E-state index contributed by atoms with van der Waals surface area (Å²) >= 11 is 0. The van der Waals surface area contributed by atoms with Crippen LogP contribution in [0.1, 0.15) is 32.3 Å². The van der Waals surface area contributed by atoms with E-state index in [1.165, 1.54) is 13.0 Å². The Morgan fingerprint density at radius 2 is 2.04 bits per heavy atom. The SMILES string of the molecule is CC(=O)Nc1cc(S(=O)(=O)NC2CCCNC2C)ccc1C.Cl. The van der Waals surface area contributed by atoms with E-state index in [1.807, 2.05) is 13.8 Å². The predicted molar refractivity (Wildman–Crippen MR) is 93.5 cm³/mol. The van der Waals surface area contributed by atoms with E-state index in [-0.39, 0.29) is 35.3 Å². The minimum atomic E-state index is -3.61. The van der Waals surface area contributed by atoms with Crippen LogP contribution < -0.4 is 15.4 Å². The zero-order valence-corrected chi connectivity index (χ0v) is 15.2. The first-order valence-electron chi connectivity index (χ1n) is 7.43. The molecule has 130 valence electrons. The van der Waals surface area contributed by atoms with Gasteiger partial charge in [0.1, 0.15) is 0 Å². The zero-order chi connectivity index (χ0) is 16.3. The van der Waals surface area contributed by atoms with Gasteiger partial charge in [-0.1, -0.05) is 6.07 Å². The van der Waals surface area contributed by atoms with E-state index in [1.54, 1.807) is 12.1 Å². The second kappa shape index (κ2) is 8.10. The van der Waals surface area contributed by atoms with E-state index in [4.69, 9.17) is 0 Å². The molecule has 0 bridgehead atoms. The summed E-state index contributed by atoms with van der Waals surface area (Å²) in [5.74, 6) is -0.226. The number of rotatable bonds is 4. The molecule has 0 aliphatic carbocycles. The molecule has 3 N–H and O–H groups in total. The number of anilines is 1. The van der Waals surface area contributed by atoms with Crippen LogP contribution in [0.2, 0.25) is 0 Å². The van der Waals surface area contributed by atoms with Crippen LogP contribution in [-0.2, 0) is 14.8 Å². The van der Waals surface area contributed by atoms with Gasteiger partial charge in [-0.2, -0.15) is 0 Å². The lowest BCUT2D eigenvalue weighted by atomic mass is 10.0. The largest absolute Gasteiger partial charge is 0.326 e. The van der Waals surface area contributed by atoms with Crippen molar-refractivity contribution in [1.29, 1.82) is 0 Å². The number of halogens is 1. The highest BCUT2D eigenvalue weighted by Crippen LogP contribution is 2.21. The van der Waals surface area contributed by atoms with E-state index in [9.17, 15) is 13.2 Å². The maximum absolute atomic E-state index is 12.5. The number of carbonyl (C=O) groups is 1. The summed E-state index contributed by atoms with van der Waals surface area (Å²) in [6.45, 7) is 6.11. The van der Waals surface area contributed by atoms with Crippen molar-refractivity contribution in [2.24, 2.45) is 0 Å². The fourth-order valence-corrected chi connectivity index (χ4v) is 3.94. The summed E-state index contributed by atoms with van der Waals surface area (Å²) in [6.07, 6.45) is 1.76. The average Bonchev–Trinajstić information content (AvgIpc) is 2.43. The predicted octanol–water partition coefficient (Wildman–Crippen LogP) is 1.79. The first-order chi connectivity index (χ1) is 10.3. The number of hydrogen-bond acceptors (Lipinski definition) is 4. The summed E-state index contributed by atoms with van der Waals surface area (Å²) in [4.78, 5) is 11.4. The maximum atomic E-state index is 12.5. The van der Waals surface area contributed by atoms with Crippen molar-refractivity contribution >= 4 is 34.0 Å². The molecule has 1 aromatic carbocycles. The molecule has 0 spiro atoms. The van der Waals surface area contributed by atoms with Crippen LogP contribution in [0.4, 0.5) is 5.69 Å². The van der Waals surface area contributed by atoms with Gasteiger partial charge in [-0.25, -0.2) is 13.1 Å². The van der Waals surface area contributed by atoms with Crippen molar-refractivity contribution in [3.8, 4) is 0 Å². The summed E-state index contributed by atoms with van der Waals surface area (Å²) in [6, 6.07) is 4.74. The normalized spacial score (nSPS) is 21.3. The molecule has 23 heavy (non-hydrogen) atoms. The molecule has 1 saturated heterocycles. The molecule has 1 amide bonds. The molecule has 2 atom stereocenters. The number of piperidine rings is 1. The number of sulfonamides is 1. The molecular weight excluding hydrogens is 338 g/mol. The third kappa shape index (κ3) is 5.17. The molecule has 2 unspecified atom stereocenters. The molecule has 8 heteroatoms. The van der Waals surface area contributed by atoms with Gasteiger partial charge in [0.25, 0.3) is 0 Å². The van der Waals surface area contributed by atoms with Crippen LogP contribution >= 0.6 is 12.4 Å². The van der Waals surface area contributed by atoms with Gasteiger partial charge in [0, 0.05) is 24.7 Å². The standard InChI is InChI=1S/C15H23N3O3S.ClH/c1-10-6-7-13(9-15(10)17-12(3)19)22(20,21)18-14-5-4-8-16-11(14)2;/h6-7,9,11,14,16,18H,4-5,8H2,1-3H3,(H,17,19);1H. The Balaban J connectivity index is 0.00000264. The molecule has 1 aromatic rings. The van der Waals surface area contributed by atoms with Crippen LogP contribution in [0, 0.1) is 6.92 Å². The summed E-state index contributed by atoms with van der Waals surface area (Å²) in [5.41, 5.74) is 1.34. The Morgan fingerprint density at radius 1 is 1.35 bits per heavy atom. The summed E-state index contributed by atoms with van der Waals surface area (Å²) in [5, 5.41) is 5.92. The topological polar surface area (TPSA) is 87.3 Å². The number of benzene rings is 1. The Labute approximate surface area is 143 Å². The lowest BCUT2D eigenvalue weighted by Crippen LogP contribution is -2.51. The quantitative estimate of drug-likeness (QED) is 0.763. The van der Waals surface area contributed by atoms with E-state index in [2.05, 4.69) is 15.4 Å². The fraction of sp³-hybridized carbons (Fsp3) is 0.533. The van der Waals surface area contributed by atoms with Gasteiger partial charge in [-0.15, -0.1) is 12.4 Å². The molecule has 0 aromatic heterocycles. The monoisotopic (exact) mass is 361 g/mol. The van der Waals surface area contributed by atoms with Crippen molar-refractivity contribution in [3.63, 3.8) is 0 Å². The van der Waals surface area contributed by atoms with Crippen molar-refractivity contribution in [1.82, 2.24) is 10.0 Å². The maximum Gasteiger partial charge on any atom is 0.240 e. The summed E-state index contributed by atoms with van der Waals surface area (Å²) < 4.78 is 27.8. The van der Waals surface area contributed by atoms with Crippen LogP contribution in [0.5, 0.6) is 0 Å². The van der Waals surface area contributed by atoms with Gasteiger partial charge < -0.3 is 10.6 Å². The van der Waals surface area contributed by atoms with Gasteiger partial charge in [0.2, 0.25) is 15.9 Å². The summed E-state index contributed by atoms with van der Waals surface area (Å²) in [7, 11) is -3.61. The highest BCUT2D eigenvalue weighted by atomic mass is 35.5. The number of carbonyl (C=O) groups excluding carboxylic acids is 1. The second-order valence-corrected chi connectivity index (χ2v) is 7.48. The minimum Gasteiger partial charge on any atom is -0.326 e. The fourth-order valence-electron chi connectivity index (χ4n) is 2.56. The lowest BCUT2D eigenvalue weighted by molar-refractivity contribution is -0.114. The Bertz CT molecular complexity index is 664. The van der Waals surface area contributed by atoms with Crippen molar-refractivity contribution in [3.05, 3.63) is 23.8 Å². The Kier molecular flexibility index (Phi) is 7.01. The van der Waals surface area contributed by atoms with Crippen molar-refractivity contribution in [2.45, 2.75) is 50.6 Å². The van der Waals surface area contributed by atoms with E-state index in [0.717, 1.165) is 24.9 Å². The van der Waals surface area contributed by atoms with Gasteiger partial charge in [-0.3, -0.25) is 4.79 Å². The van der Waals surface area contributed by atoms with Gasteiger partial charge in [0.05, 0.1) is 4.90 Å². The number of amides is 1. The number of aryl methyl sites for hydroxylation is 1. The van der Waals surface area contributed by atoms with Crippen molar-refractivity contribution < 1.29 is 13.2 Å². The molecule has 0 saturated carbocycles. The first-order valence-corrected chi connectivity index (χ1v) is 8.92. The molecule has 0 radical (unpaired) electrons. The number of hydrogen-bond donors (Lipinski definition) is 3. The van der Waals surface area contributed by atoms with Crippen LogP contribution in [0.15, 0.2) is 23.1 Å². The van der Waals surface area contributed by atoms with E-state index < -0.39 is 10.0 Å². The van der Waals surface area contributed by atoms with Crippen LogP contribution in [0.3, 0.4) is 0 Å². The van der Waals surface area contributed by atoms with E-state index in [0.29, 0.717) is 5.69 Å². The molecule has 1 aliphatic rings. The Hall–Kier alpha value is -1.15. The van der Waals surface area contributed by atoms with Gasteiger partial charge in [-0.05, 0) is 50.9 Å². The number of nitrogens with one attached hydrogen (secondary N) is 3. The molecule has 6 nitrogen and oxygen atoms in total. The van der Waals surface area contributed by atoms with E-state index >= 15 is 0 Å². The Morgan fingerprint density at radius 3 is 2.65 bits per heavy atom. The first kappa shape index (κ1) is 19.9. The highest BCUT2D eigenvalue weighted by molar-refractivity contribution is 7.89.